The molecule has 1 aliphatic rings. The smallest absolute Gasteiger partial charge is 0.335 e. The van der Waals surface area contributed by atoms with Gasteiger partial charge in [-0.1, -0.05) is 0 Å². The van der Waals surface area contributed by atoms with Crippen LogP contribution in [0, 0.1) is 12.7 Å². The lowest BCUT2D eigenvalue weighted by Crippen LogP contribution is -2.50. The molecule has 0 bridgehead atoms. The second-order valence-electron chi connectivity index (χ2n) is 6.16. The van der Waals surface area contributed by atoms with E-state index in [2.05, 4.69) is 5.10 Å². The second-order valence-corrected chi connectivity index (χ2v) is 6.16. The number of carbonyl (C=O) groups excluding carboxylic acids is 1. The fourth-order valence-electron chi connectivity index (χ4n) is 2.93. The number of hydrogen-bond donors (Lipinski definition) is 2. The van der Waals surface area contributed by atoms with E-state index >= 15 is 0 Å². The van der Waals surface area contributed by atoms with E-state index in [4.69, 9.17) is 5.11 Å². The molecule has 1 aromatic heterocycles. The molecule has 0 atom stereocenters. The fourth-order valence-corrected chi connectivity index (χ4v) is 2.93. The molecule has 0 radical (unpaired) electrons. The summed E-state index contributed by atoms with van der Waals surface area (Å²) in [6.07, 6.45) is 1.41. The van der Waals surface area contributed by atoms with Crippen molar-refractivity contribution >= 4 is 11.9 Å². The summed E-state index contributed by atoms with van der Waals surface area (Å²) in [5, 5.41) is 23.2. The van der Waals surface area contributed by atoms with Gasteiger partial charge in [0.05, 0.1) is 23.1 Å². The van der Waals surface area contributed by atoms with Crippen molar-refractivity contribution in [1.82, 2.24) is 14.7 Å². The lowest BCUT2D eigenvalue weighted by atomic mass is 9.91. The minimum Gasteiger partial charge on any atom is -0.479 e. The Morgan fingerprint density at radius 2 is 1.80 bits per heavy atom. The van der Waals surface area contributed by atoms with Gasteiger partial charge in [-0.15, -0.1) is 0 Å². The van der Waals surface area contributed by atoms with E-state index in [1.165, 1.54) is 23.2 Å². The molecule has 7 nitrogen and oxygen atoms in total. The number of carboxylic acids is 1. The average Bonchev–Trinajstić information content (AvgIpc) is 2.97. The maximum atomic E-state index is 13.0. The first kappa shape index (κ1) is 17.1. The molecule has 0 aliphatic carbocycles. The summed E-state index contributed by atoms with van der Waals surface area (Å²) in [4.78, 5) is 25.3. The molecular weight excluding hydrogens is 329 g/mol. The van der Waals surface area contributed by atoms with Gasteiger partial charge in [0, 0.05) is 25.9 Å². The van der Waals surface area contributed by atoms with Crippen LogP contribution < -0.4 is 0 Å². The number of rotatable bonds is 3. The average molecular weight is 347 g/mol. The van der Waals surface area contributed by atoms with Gasteiger partial charge in [0.15, 0.2) is 5.60 Å². The Morgan fingerprint density at radius 1 is 1.20 bits per heavy atom. The number of piperidine rings is 1. The zero-order valence-electron chi connectivity index (χ0n) is 13.6. The van der Waals surface area contributed by atoms with E-state index in [-0.39, 0.29) is 37.7 Å². The lowest BCUT2D eigenvalue weighted by Gasteiger charge is -2.35. The number of nitrogens with zero attached hydrogens (tertiary/aromatic N) is 3. The summed E-state index contributed by atoms with van der Waals surface area (Å²) in [7, 11) is 0. The van der Waals surface area contributed by atoms with Gasteiger partial charge in [0.25, 0.3) is 5.91 Å². The number of hydrogen-bond acceptors (Lipinski definition) is 4. The van der Waals surface area contributed by atoms with Crippen LogP contribution in [-0.2, 0) is 4.79 Å². The normalized spacial score (nSPS) is 16.7. The van der Waals surface area contributed by atoms with Crippen molar-refractivity contribution in [3.05, 3.63) is 47.5 Å². The zero-order valence-corrected chi connectivity index (χ0v) is 13.6. The van der Waals surface area contributed by atoms with Gasteiger partial charge in [-0.25, -0.2) is 13.9 Å². The topological polar surface area (TPSA) is 95.7 Å². The monoisotopic (exact) mass is 347 g/mol. The van der Waals surface area contributed by atoms with Crippen molar-refractivity contribution < 1.29 is 24.2 Å². The molecule has 3 rings (SSSR count). The number of carbonyl (C=O) groups is 2. The molecule has 132 valence electrons. The standard InChI is InChI=1S/C17H18FN3O4/c1-11-14(10-19-21(11)13-4-2-12(18)3-5-13)15(22)20-8-6-17(25,7-9-20)16(23)24/h2-5,10,25H,6-9H2,1H3,(H,23,24). The summed E-state index contributed by atoms with van der Waals surface area (Å²) in [6.45, 7) is 2.05. The minimum absolute atomic E-state index is 0.0147. The van der Waals surface area contributed by atoms with Crippen LogP contribution in [0.4, 0.5) is 4.39 Å². The molecule has 1 saturated heterocycles. The Labute approximate surface area is 143 Å². The van der Waals surface area contributed by atoms with Crippen molar-refractivity contribution in [2.24, 2.45) is 0 Å². The number of halogens is 1. The summed E-state index contributed by atoms with van der Waals surface area (Å²) >= 11 is 0. The lowest BCUT2D eigenvalue weighted by molar-refractivity contribution is -0.162. The number of aromatic nitrogens is 2. The van der Waals surface area contributed by atoms with Crippen molar-refractivity contribution in [3.63, 3.8) is 0 Å². The van der Waals surface area contributed by atoms with Crippen LogP contribution in [0.1, 0.15) is 28.9 Å². The van der Waals surface area contributed by atoms with Crippen LogP contribution in [0.15, 0.2) is 30.5 Å². The van der Waals surface area contributed by atoms with Crippen molar-refractivity contribution in [1.29, 1.82) is 0 Å². The first-order valence-electron chi connectivity index (χ1n) is 7.87. The third-order valence-electron chi connectivity index (χ3n) is 4.59. The first-order valence-corrected chi connectivity index (χ1v) is 7.87. The Balaban J connectivity index is 1.78. The highest BCUT2D eigenvalue weighted by atomic mass is 19.1. The maximum absolute atomic E-state index is 13.0. The second kappa shape index (κ2) is 6.29. The van der Waals surface area contributed by atoms with Gasteiger partial charge in [-0.2, -0.15) is 5.10 Å². The van der Waals surface area contributed by atoms with E-state index < -0.39 is 11.6 Å². The highest BCUT2D eigenvalue weighted by molar-refractivity contribution is 5.95. The SMILES string of the molecule is Cc1c(C(=O)N2CCC(O)(C(=O)O)CC2)cnn1-c1ccc(F)cc1. The van der Waals surface area contributed by atoms with Gasteiger partial charge < -0.3 is 15.1 Å². The van der Waals surface area contributed by atoms with E-state index in [1.54, 1.807) is 23.7 Å². The molecule has 2 aromatic rings. The van der Waals surface area contributed by atoms with Gasteiger partial charge in [0.1, 0.15) is 5.82 Å². The Bertz CT molecular complexity index is 808. The van der Waals surface area contributed by atoms with Gasteiger partial charge >= 0.3 is 5.97 Å². The molecule has 2 N–H and O–H groups in total. The molecule has 0 saturated carbocycles. The molecule has 1 aliphatic heterocycles. The fraction of sp³-hybridized carbons (Fsp3) is 0.353. The van der Waals surface area contributed by atoms with E-state index in [0.29, 0.717) is 16.9 Å². The Kier molecular flexibility index (Phi) is 4.30. The highest BCUT2D eigenvalue weighted by Gasteiger charge is 2.40. The van der Waals surface area contributed by atoms with Gasteiger partial charge in [-0.3, -0.25) is 4.79 Å². The van der Waals surface area contributed by atoms with E-state index in [0.717, 1.165) is 0 Å². The summed E-state index contributed by atoms with van der Waals surface area (Å²) in [5.41, 5.74) is -0.137. The number of amides is 1. The summed E-state index contributed by atoms with van der Waals surface area (Å²) in [6, 6.07) is 5.76. The van der Waals surface area contributed by atoms with Crippen LogP contribution >= 0.6 is 0 Å². The molecule has 0 unspecified atom stereocenters. The molecule has 1 fully saturated rings. The van der Waals surface area contributed by atoms with Crippen molar-refractivity contribution in [2.75, 3.05) is 13.1 Å². The predicted molar refractivity (Wildman–Crippen MR) is 86.0 cm³/mol. The molecule has 1 aromatic carbocycles. The molecule has 2 heterocycles. The van der Waals surface area contributed by atoms with Crippen molar-refractivity contribution in [2.45, 2.75) is 25.4 Å². The quantitative estimate of drug-likeness (QED) is 0.874. The van der Waals surface area contributed by atoms with Crippen LogP contribution in [0.3, 0.4) is 0 Å². The van der Waals surface area contributed by atoms with Gasteiger partial charge in [0.2, 0.25) is 0 Å². The summed E-state index contributed by atoms with van der Waals surface area (Å²) in [5.74, 6) is -1.89. The third kappa shape index (κ3) is 3.12. The number of aliphatic carboxylic acids is 1. The van der Waals surface area contributed by atoms with E-state index in [1.807, 2.05) is 0 Å². The maximum Gasteiger partial charge on any atom is 0.335 e. The first-order chi connectivity index (χ1) is 11.8. The predicted octanol–water partition coefficient (Wildman–Crippen LogP) is 1.37. The number of likely N-dealkylation sites (tertiary alicyclic amines) is 1. The molecule has 1 amide bonds. The summed E-state index contributed by atoms with van der Waals surface area (Å²) < 4.78 is 14.6. The number of aliphatic hydroxyl groups is 1. The molecular formula is C17H18FN3O4. The number of benzene rings is 1. The number of carboxylic acid groups (broad SMARTS) is 1. The third-order valence-corrected chi connectivity index (χ3v) is 4.59. The van der Waals surface area contributed by atoms with Crippen LogP contribution in [-0.4, -0.2) is 55.5 Å². The molecule has 25 heavy (non-hydrogen) atoms. The largest absolute Gasteiger partial charge is 0.479 e. The van der Waals surface area contributed by atoms with Crippen LogP contribution in [0.25, 0.3) is 5.69 Å². The highest BCUT2D eigenvalue weighted by Crippen LogP contribution is 2.24. The zero-order chi connectivity index (χ0) is 18.2. The molecule has 8 heteroatoms. The Hall–Kier alpha value is -2.74. The van der Waals surface area contributed by atoms with Crippen molar-refractivity contribution in [3.8, 4) is 5.69 Å². The van der Waals surface area contributed by atoms with Crippen LogP contribution in [0.2, 0.25) is 0 Å². The van der Waals surface area contributed by atoms with E-state index in [9.17, 15) is 19.1 Å². The molecule has 0 spiro atoms. The minimum atomic E-state index is -1.77. The van der Waals surface area contributed by atoms with Crippen LogP contribution in [0.5, 0.6) is 0 Å². The van der Waals surface area contributed by atoms with Gasteiger partial charge in [-0.05, 0) is 31.2 Å². The Morgan fingerprint density at radius 3 is 2.36 bits per heavy atom.